The van der Waals surface area contributed by atoms with Crippen molar-refractivity contribution in [3.8, 4) is 0 Å². The van der Waals surface area contributed by atoms with E-state index in [9.17, 15) is 4.79 Å². The SMILES string of the molecule is O=C(Nc1ccc2nc(N[C@@H]3CCc4ccccc43)ccc2c1)NC1CCN(Cc2ccccc2)C1. The van der Waals surface area contributed by atoms with Gasteiger partial charge in [0.15, 0.2) is 0 Å². The van der Waals surface area contributed by atoms with E-state index in [1.165, 1.54) is 16.7 Å². The van der Waals surface area contributed by atoms with Crippen LogP contribution in [0.5, 0.6) is 0 Å². The smallest absolute Gasteiger partial charge is 0.319 e. The van der Waals surface area contributed by atoms with Crippen LogP contribution in [0.1, 0.15) is 35.6 Å². The summed E-state index contributed by atoms with van der Waals surface area (Å²) >= 11 is 0. The fraction of sp³-hybridized carbons (Fsp3) is 0.267. The summed E-state index contributed by atoms with van der Waals surface area (Å²) in [5.41, 5.74) is 5.77. The first-order valence-electron chi connectivity index (χ1n) is 12.8. The van der Waals surface area contributed by atoms with Gasteiger partial charge in [0.25, 0.3) is 0 Å². The topological polar surface area (TPSA) is 69.3 Å². The third kappa shape index (κ3) is 5.04. The molecule has 2 amide bonds. The van der Waals surface area contributed by atoms with Gasteiger partial charge in [-0.15, -0.1) is 0 Å². The maximum absolute atomic E-state index is 12.7. The molecular weight excluding hydrogens is 446 g/mol. The second kappa shape index (κ2) is 9.99. The van der Waals surface area contributed by atoms with E-state index in [0.717, 1.165) is 61.3 Å². The van der Waals surface area contributed by atoms with E-state index in [0.29, 0.717) is 6.04 Å². The Kier molecular flexibility index (Phi) is 6.26. The Morgan fingerprint density at radius 1 is 0.944 bits per heavy atom. The van der Waals surface area contributed by atoms with Gasteiger partial charge in [0.2, 0.25) is 0 Å². The van der Waals surface area contributed by atoms with E-state index in [4.69, 9.17) is 4.98 Å². The van der Waals surface area contributed by atoms with Crippen molar-refractivity contribution < 1.29 is 4.79 Å². The minimum Gasteiger partial charge on any atom is -0.363 e. The molecule has 0 saturated carbocycles. The van der Waals surface area contributed by atoms with Crippen LogP contribution in [0.2, 0.25) is 0 Å². The first kappa shape index (κ1) is 22.6. The van der Waals surface area contributed by atoms with Crippen molar-refractivity contribution in [2.24, 2.45) is 0 Å². The van der Waals surface area contributed by atoms with E-state index >= 15 is 0 Å². The number of hydrogen-bond donors (Lipinski definition) is 3. The number of carbonyl (C=O) groups is 1. The van der Waals surface area contributed by atoms with Crippen LogP contribution in [0.4, 0.5) is 16.3 Å². The molecule has 2 atom stereocenters. The number of carbonyl (C=O) groups excluding carboxylic acids is 1. The predicted octanol–water partition coefficient (Wildman–Crippen LogP) is 5.73. The van der Waals surface area contributed by atoms with Gasteiger partial charge in [-0.1, -0.05) is 54.6 Å². The van der Waals surface area contributed by atoms with Crippen molar-refractivity contribution in [1.29, 1.82) is 0 Å². The fourth-order valence-electron chi connectivity index (χ4n) is 5.46. The maximum atomic E-state index is 12.7. The summed E-state index contributed by atoms with van der Waals surface area (Å²) < 4.78 is 0. The lowest BCUT2D eigenvalue weighted by Gasteiger charge is -2.17. The molecule has 6 heteroatoms. The molecule has 2 heterocycles. The molecule has 36 heavy (non-hydrogen) atoms. The Balaban J connectivity index is 1.04. The van der Waals surface area contributed by atoms with Crippen molar-refractivity contribution in [3.63, 3.8) is 0 Å². The van der Waals surface area contributed by atoms with Crippen LogP contribution in [0.25, 0.3) is 10.9 Å². The molecule has 6 rings (SSSR count). The van der Waals surface area contributed by atoms with Gasteiger partial charge in [0.05, 0.1) is 11.6 Å². The number of likely N-dealkylation sites (tertiary alicyclic amines) is 1. The zero-order chi connectivity index (χ0) is 24.3. The normalized spacial score (nSPS) is 19.2. The molecule has 1 fully saturated rings. The Morgan fingerprint density at radius 3 is 2.72 bits per heavy atom. The van der Waals surface area contributed by atoms with Gasteiger partial charge in [-0.25, -0.2) is 9.78 Å². The van der Waals surface area contributed by atoms with Gasteiger partial charge in [-0.2, -0.15) is 0 Å². The summed E-state index contributed by atoms with van der Waals surface area (Å²) in [4.78, 5) is 19.9. The van der Waals surface area contributed by atoms with Crippen LogP contribution >= 0.6 is 0 Å². The third-order valence-corrected chi connectivity index (χ3v) is 7.26. The van der Waals surface area contributed by atoms with Gasteiger partial charge >= 0.3 is 6.03 Å². The summed E-state index contributed by atoms with van der Waals surface area (Å²) in [6, 6.07) is 29.3. The van der Waals surface area contributed by atoms with Gasteiger partial charge in [0, 0.05) is 36.7 Å². The van der Waals surface area contributed by atoms with E-state index in [1.807, 2.05) is 30.3 Å². The second-order valence-electron chi connectivity index (χ2n) is 9.84. The molecule has 182 valence electrons. The monoisotopic (exact) mass is 477 g/mol. The Bertz CT molecular complexity index is 1370. The summed E-state index contributed by atoms with van der Waals surface area (Å²) in [7, 11) is 0. The summed E-state index contributed by atoms with van der Waals surface area (Å²) in [5.74, 6) is 0.879. The van der Waals surface area contributed by atoms with Crippen molar-refractivity contribution in [2.45, 2.75) is 37.9 Å². The van der Waals surface area contributed by atoms with Crippen LogP contribution in [0, 0.1) is 0 Å². The standard InChI is InChI=1S/C30H31N5O/c36-30(32-25-16-17-35(20-25)19-21-6-2-1-3-7-21)31-24-12-14-27-23(18-24)11-15-29(33-27)34-28-13-10-22-8-4-5-9-26(22)28/h1-9,11-12,14-15,18,25,28H,10,13,16-17,19-20H2,(H,33,34)(H2,31,32,36)/t25?,28-/m1/s1. The molecule has 1 unspecified atom stereocenters. The van der Waals surface area contributed by atoms with Gasteiger partial charge < -0.3 is 16.0 Å². The van der Waals surface area contributed by atoms with Gasteiger partial charge in [-0.05, 0) is 66.3 Å². The number of nitrogens with one attached hydrogen (secondary N) is 3. The number of fused-ring (bicyclic) bond motifs is 2. The number of anilines is 2. The molecule has 1 aliphatic carbocycles. The number of nitrogens with zero attached hydrogens (tertiary/aromatic N) is 2. The van der Waals surface area contributed by atoms with Crippen molar-refractivity contribution >= 4 is 28.4 Å². The zero-order valence-electron chi connectivity index (χ0n) is 20.3. The third-order valence-electron chi connectivity index (χ3n) is 7.26. The highest BCUT2D eigenvalue weighted by Crippen LogP contribution is 2.33. The highest BCUT2D eigenvalue weighted by Gasteiger charge is 2.24. The van der Waals surface area contributed by atoms with Crippen molar-refractivity contribution in [1.82, 2.24) is 15.2 Å². The molecule has 4 aromatic rings. The van der Waals surface area contributed by atoms with E-state index in [-0.39, 0.29) is 12.1 Å². The lowest BCUT2D eigenvalue weighted by Crippen LogP contribution is -2.39. The van der Waals surface area contributed by atoms with Crippen LogP contribution in [0.15, 0.2) is 84.9 Å². The molecule has 1 saturated heterocycles. The average molecular weight is 478 g/mol. The van der Waals surface area contributed by atoms with Crippen LogP contribution in [-0.4, -0.2) is 35.0 Å². The largest absolute Gasteiger partial charge is 0.363 e. The fourth-order valence-corrected chi connectivity index (χ4v) is 5.46. The van der Waals surface area contributed by atoms with Gasteiger partial charge in [-0.3, -0.25) is 4.90 Å². The maximum Gasteiger partial charge on any atom is 0.319 e. The van der Waals surface area contributed by atoms with Crippen molar-refractivity contribution in [3.05, 3.63) is 102 Å². The second-order valence-corrected chi connectivity index (χ2v) is 9.84. The lowest BCUT2D eigenvalue weighted by atomic mass is 10.1. The molecule has 3 aromatic carbocycles. The molecule has 0 spiro atoms. The van der Waals surface area contributed by atoms with Crippen molar-refractivity contribution in [2.75, 3.05) is 23.7 Å². The zero-order valence-corrected chi connectivity index (χ0v) is 20.3. The van der Waals surface area contributed by atoms with E-state index in [2.05, 4.69) is 75.4 Å². The Labute approximate surface area is 211 Å². The van der Waals surface area contributed by atoms with E-state index in [1.54, 1.807) is 0 Å². The number of aryl methyl sites for hydroxylation is 1. The predicted molar refractivity (Wildman–Crippen MR) is 145 cm³/mol. The first-order chi connectivity index (χ1) is 17.7. The molecule has 2 aliphatic rings. The summed E-state index contributed by atoms with van der Waals surface area (Å²) in [5, 5.41) is 10.7. The molecule has 0 bridgehead atoms. The quantitative estimate of drug-likeness (QED) is 0.332. The number of aromatic nitrogens is 1. The van der Waals surface area contributed by atoms with Crippen LogP contribution < -0.4 is 16.0 Å². The lowest BCUT2D eigenvalue weighted by molar-refractivity contribution is 0.247. The minimum absolute atomic E-state index is 0.158. The number of urea groups is 1. The molecule has 0 radical (unpaired) electrons. The first-order valence-corrected chi connectivity index (χ1v) is 12.8. The highest BCUT2D eigenvalue weighted by atomic mass is 16.2. The molecule has 3 N–H and O–H groups in total. The molecular formula is C30H31N5O. The minimum atomic E-state index is -0.160. The number of pyridine rings is 1. The number of rotatable bonds is 6. The average Bonchev–Trinajstić information content (AvgIpc) is 3.51. The van der Waals surface area contributed by atoms with Gasteiger partial charge in [0.1, 0.15) is 5.82 Å². The Morgan fingerprint density at radius 2 is 1.81 bits per heavy atom. The number of benzene rings is 3. The van der Waals surface area contributed by atoms with Crippen LogP contribution in [-0.2, 0) is 13.0 Å². The number of amides is 2. The Hall–Kier alpha value is -3.90. The molecule has 1 aliphatic heterocycles. The molecule has 6 nitrogen and oxygen atoms in total. The summed E-state index contributed by atoms with van der Waals surface area (Å²) in [6.45, 7) is 2.78. The van der Waals surface area contributed by atoms with E-state index < -0.39 is 0 Å². The molecule has 1 aromatic heterocycles. The van der Waals surface area contributed by atoms with Crippen LogP contribution in [0.3, 0.4) is 0 Å². The summed E-state index contributed by atoms with van der Waals surface area (Å²) in [6.07, 6.45) is 3.15. The highest BCUT2D eigenvalue weighted by molar-refractivity contribution is 5.93. The number of hydrogen-bond acceptors (Lipinski definition) is 4.